The molecule has 188 valence electrons. The average Bonchev–Trinajstić information content (AvgIpc) is 2.82. The number of amides is 2. The smallest absolute Gasteiger partial charge is 0.262 e. The first kappa shape index (κ1) is 27.2. The quantitative estimate of drug-likeness (QED) is 0.160. The molecular formula is C25H26BrN5O4S. The van der Waals surface area contributed by atoms with Crippen LogP contribution in [0.2, 0.25) is 0 Å². The van der Waals surface area contributed by atoms with Gasteiger partial charge in [0.25, 0.3) is 11.8 Å². The van der Waals surface area contributed by atoms with Crippen molar-refractivity contribution in [1.29, 1.82) is 0 Å². The van der Waals surface area contributed by atoms with Gasteiger partial charge in [-0.3, -0.25) is 9.59 Å². The van der Waals surface area contributed by atoms with Crippen LogP contribution in [0.3, 0.4) is 0 Å². The van der Waals surface area contributed by atoms with Crippen molar-refractivity contribution < 1.29 is 19.1 Å². The maximum Gasteiger partial charge on any atom is 0.262 e. The number of anilines is 1. The van der Waals surface area contributed by atoms with Gasteiger partial charge in [0.05, 0.1) is 23.5 Å². The van der Waals surface area contributed by atoms with Crippen LogP contribution in [-0.4, -0.2) is 47.5 Å². The van der Waals surface area contributed by atoms with Crippen molar-refractivity contribution in [3.8, 4) is 11.5 Å². The summed E-state index contributed by atoms with van der Waals surface area (Å²) in [6, 6.07) is 12.8. The molecule has 0 aliphatic carbocycles. The van der Waals surface area contributed by atoms with Crippen LogP contribution in [0.25, 0.3) is 0 Å². The number of halogens is 1. The van der Waals surface area contributed by atoms with Crippen LogP contribution in [0, 0.1) is 20.8 Å². The van der Waals surface area contributed by atoms with E-state index in [-0.39, 0.29) is 24.2 Å². The number of thioether (sulfide) groups is 1. The number of nitrogens with zero attached hydrogens (tertiary/aromatic N) is 3. The number of aryl methyl sites for hydroxylation is 3. The Morgan fingerprint density at radius 3 is 2.42 bits per heavy atom. The van der Waals surface area contributed by atoms with E-state index in [4.69, 9.17) is 9.47 Å². The van der Waals surface area contributed by atoms with E-state index in [1.165, 1.54) is 25.1 Å². The highest BCUT2D eigenvalue weighted by Crippen LogP contribution is 2.36. The highest BCUT2D eigenvalue weighted by molar-refractivity contribution is 9.10. The Morgan fingerprint density at radius 1 is 1.06 bits per heavy atom. The summed E-state index contributed by atoms with van der Waals surface area (Å²) in [6.45, 7) is 5.54. The molecule has 2 amide bonds. The van der Waals surface area contributed by atoms with E-state index in [1.807, 2.05) is 51.1 Å². The monoisotopic (exact) mass is 571 g/mol. The molecule has 0 unspecified atom stereocenters. The molecule has 0 spiro atoms. The topological polar surface area (TPSA) is 115 Å². The summed E-state index contributed by atoms with van der Waals surface area (Å²) in [5.41, 5.74) is 6.63. The van der Waals surface area contributed by atoms with Crippen molar-refractivity contribution >= 4 is 51.4 Å². The molecule has 9 nitrogen and oxygen atoms in total. The fourth-order valence-corrected chi connectivity index (χ4v) is 4.34. The summed E-state index contributed by atoms with van der Waals surface area (Å²) in [5.74, 6) is 0.324. The van der Waals surface area contributed by atoms with Gasteiger partial charge in [0, 0.05) is 17.1 Å². The number of ether oxygens (including phenoxy) is 2. The number of aromatic nitrogens is 2. The summed E-state index contributed by atoms with van der Waals surface area (Å²) in [4.78, 5) is 33.0. The van der Waals surface area contributed by atoms with Crippen molar-refractivity contribution in [2.75, 3.05) is 24.8 Å². The zero-order chi connectivity index (χ0) is 26.1. The maximum atomic E-state index is 12.3. The van der Waals surface area contributed by atoms with E-state index >= 15 is 0 Å². The van der Waals surface area contributed by atoms with E-state index in [1.54, 1.807) is 12.1 Å². The van der Waals surface area contributed by atoms with Crippen LogP contribution in [0.1, 0.15) is 22.5 Å². The third-order valence-electron chi connectivity index (χ3n) is 4.63. The largest absolute Gasteiger partial charge is 0.493 e. The summed E-state index contributed by atoms with van der Waals surface area (Å²) < 4.78 is 11.7. The van der Waals surface area contributed by atoms with Crippen LogP contribution < -0.4 is 20.2 Å². The Labute approximate surface area is 222 Å². The van der Waals surface area contributed by atoms with Gasteiger partial charge in [-0.25, -0.2) is 15.4 Å². The van der Waals surface area contributed by atoms with Gasteiger partial charge in [0.2, 0.25) is 0 Å². The molecule has 2 aromatic carbocycles. The number of carbonyl (C=O) groups excluding carboxylic acids is 2. The molecule has 11 heteroatoms. The Morgan fingerprint density at radius 2 is 1.75 bits per heavy atom. The SMILES string of the molecule is COc1cc(/C=N\NC(=O)CSc2nc(C)cc(C)n2)cc(Br)c1OCC(=O)Nc1ccc(C)cc1. The van der Waals surface area contributed by atoms with Crippen molar-refractivity contribution in [1.82, 2.24) is 15.4 Å². The highest BCUT2D eigenvalue weighted by atomic mass is 79.9. The third-order valence-corrected chi connectivity index (χ3v) is 6.07. The zero-order valence-corrected chi connectivity index (χ0v) is 22.7. The number of benzene rings is 2. The van der Waals surface area contributed by atoms with Gasteiger partial charge in [-0.2, -0.15) is 5.10 Å². The molecule has 36 heavy (non-hydrogen) atoms. The molecule has 0 aliphatic rings. The number of hydrogen-bond donors (Lipinski definition) is 2. The molecule has 0 saturated carbocycles. The highest BCUT2D eigenvalue weighted by Gasteiger charge is 2.14. The maximum absolute atomic E-state index is 12.3. The van der Waals surface area contributed by atoms with E-state index in [0.717, 1.165) is 17.0 Å². The van der Waals surface area contributed by atoms with E-state index in [2.05, 4.69) is 41.7 Å². The first-order chi connectivity index (χ1) is 17.2. The van der Waals surface area contributed by atoms with E-state index in [0.29, 0.717) is 32.4 Å². The molecular weight excluding hydrogens is 546 g/mol. The second-order valence-electron chi connectivity index (χ2n) is 7.75. The number of hydrazone groups is 1. The van der Waals surface area contributed by atoms with Crippen LogP contribution >= 0.6 is 27.7 Å². The first-order valence-corrected chi connectivity index (χ1v) is 12.6. The van der Waals surface area contributed by atoms with Crippen molar-refractivity contribution in [2.24, 2.45) is 5.10 Å². The van der Waals surface area contributed by atoms with Gasteiger partial charge in [-0.05, 0) is 72.6 Å². The Kier molecular flexibility index (Phi) is 9.83. The van der Waals surface area contributed by atoms with Crippen LogP contribution in [0.15, 0.2) is 57.2 Å². The summed E-state index contributed by atoms with van der Waals surface area (Å²) in [7, 11) is 1.50. The number of methoxy groups -OCH3 is 1. The second-order valence-corrected chi connectivity index (χ2v) is 9.55. The summed E-state index contributed by atoms with van der Waals surface area (Å²) >= 11 is 4.68. The van der Waals surface area contributed by atoms with Crippen molar-refractivity contribution in [3.05, 3.63) is 69.5 Å². The van der Waals surface area contributed by atoms with Crippen molar-refractivity contribution in [2.45, 2.75) is 25.9 Å². The van der Waals surface area contributed by atoms with Gasteiger partial charge < -0.3 is 14.8 Å². The van der Waals surface area contributed by atoms with E-state index < -0.39 is 0 Å². The number of nitrogens with one attached hydrogen (secondary N) is 2. The van der Waals surface area contributed by atoms with Crippen LogP contribution in [0.4, 0.5) is 5.69 Å². The predicted molar refractivity (Wildman–Crippen MR) is 144 cm³/mol. The molecule has 0 radical (unpaired) electrons. The number of hydrogen-bond acceptors (Lipinski definition) is 8. The molecule has 1 heterocycles. The lowest BCUT2D eigenvalue weighted by atomic mass is 10.2. The lowest BCUT2D eigenvalue weighted by Crippen LogP contribution is -2.20. The molecule has 1 aromatic heterocycles. The molecule has 0 atom stereocenters. The summed E-state index contributed by atoms with van der Waals surface area (Å²) in [5, 5.41) is 7.33. The fraction of sp³-hybridized carbons (Fsp3) is 0.240. The molecule has 3 aromatic rings. The summed E-state index contributed by atoms with van der Waals surface area (Å²) in [6.07, 6.45) is 1.48. The minimum atomic E-state index is -0.301. The Bertz CT molecular complexity index is 1250. The van der Waals surface area contributed by atoms with Crippen molar-refractivity contribution in [3.63, 3.8) is 0 Å². The molecule has 2 N–H and O–H groups in total. The minimum absolute atomic E-state index is 0.130. The molecule has 0 saturated heterocycles. The number of rotatable bonds is 10. The zero-order valence-electron chi connectivity index (χ0n) is 20.3. The number of carbonyl (C=O) groups is 2. The van der Waals surface area contributed by atoms with Crippen LogP contribution in [0.5, 0.6) is 11.5 Å². The fourth-order valence-electron chi connectivity index (χ4n) is 3.03. The van der Waals surface area contributed by atoms with Gasteiger partial charge in [0.1, 0.15) is 0 Å². The standard InChI is InChI=1S/C25H26BrN5O4S/c1-15-5-7-19(8-6-15)30-22(32)13-35-24-20(26)10-18(11-21(24)34-4)12-27-31-23(33)14-36-25-28-16(2)9-17(3)29-25/h5-12H,13-14H2,1-4H3,(H,30,32)(H,31,33)/b27-12-. The first-order valence-electron chi connectivity index (χ1n) is 10.9. The Balaban J connectivity index is 1.54. The molecule has 0 aliphatic heterocycles. The Hall–Kier alpha value is -3.44. The van der Waals surface area contributed by atoms with E-state index in [9.17, 15) is 9.59 Å². The molecule has 0 fully saturated rings. The third kappa shape index (κ3) is 8.35. The average molecular weight is 572 g/mol. The normalized spacial score (nSPS) is 10.8. The lowest BCUT2D eigenvalue weighted by Gasteiger charge is -2.13. The predicted octanol–water partition coefficient (Wildman–Crippen LogP) is 4.43. The second kappa shape index (κ2) is 13.0. The molecule has 3 rings (SSSR count). The van der Waals surface area contributed by atoms with Gasteiger partial charge in [-0.1, -0.05) is 29.5 Å². The molecule has 0 bridgehead atoms. The lowest BCUT2D eigenvalue weighted by molar-refractivity contribution is -0.119. The van der Waals surface area contributed by atoms with Gasteiger partial charge >= 0.3 is 0 Å². The van der Waals surface area contributed by atoms with Crippen LogP contribution in [-0.2, 0) is 9.59 Å². The van der Waals surface area contributed by atoms with Gasteiger partial charge in [0.15, 0.2) is 23.3 Å². The minimum Gasteiger partial charge on any atom is -0.493 e. The van der Waals surface area contributed by atoms with Gasteiger partial charge in [-0.15, -0.1) is 0 Å².